The molecule has 0 aliphatic carbocycles. The molecule has 1 fully saturated rings. The molecule has 1 aliphatic heterocycles. The fourth-order valence-electron chi connectivity index (χ4n) is 2.52. The molecular formula is C13H13ClN4O3. The van der Waals surface area contributed by atoms with Crippen LogP contribution >= 0.6 is 11.6 Å². The van der Waals surface area contributed by atoms with Crippen molar-refractivity contribution < 1.29 is 14.6 Å². The number of rotatable bonds is 2. The average Bonchev–Trinajstić information content (AvgIpc) is 2.81. The molecule has 3 heterocycles. The first-order chi connectivity index (χ1) is 10.1. The number of halogens is 1. The summed E-state index contributed by atoms with van der Waals surface area (Å²) in [5.41, 5.74) is 0.519. The molecule has 21 heavy (non-hydrogen) atoms. The molecule has 0 aromatic carbocycles. The van der Waals surface area contributed by atoms with E-state index in [2.05, 4.69) is 15.0 Å². The highest BCUT2D eigenvalue weighted by atomic mass is 35.5. The maximum Gasteiger partial charge on any atom is 0.407 e. The third-order valence-electron chi connectivity index (χ3n) is 3.53. The van der Waals surface area contributed by atoms with Crippen molar-refractivity contribution in [2.75, 3.05) is 6.54 Å². The fraction of sp³-hybridized carbons (Fsp3) is 0.385. The van der Waals surface area contributed by atoms with E-state index < -0.39 is 6.09 Å². The smallest absolute Gasteiger partial charge is 0.407 e. The van der Waals surface area contributed by atoms with Gasteiger partial charge in [-0.25, -0.2) is 19.7 Å². The van der Waals surface area contributed by atoms with Crippen LogP contribution in [0.15, 0.2) is 18.6 Å². The van der Waals surface area contributed by atoms with Gasteiger partial charge in [-0.2, -0.15) is 0 Å². The quantitative estimate of drug-likeness (QED) is 0.856. The van der Waals surface area contributed by atoms with Crippen LogP contribution in [0.1, 0.15) is 13.3 Å². The number of hydrogen-bond donors (Lipinski definition) is 1. The molecule has 0 saturated carbocycles. The van der Waals surface area contributed by atoms with Crippen LogP contribution in [-0.2, 0) is 0 Å². The highest BCUT2D eigenvalue weighted by Crippen LogP contribution is 2.28. The first-order valence-corrected chi connectivity index (χ1v) is 6.85. The normalized spacial score (nSPS) is 21.7. The molecule has 3 rings (SSSR count). The third kappa shape index (κ3) is 2.56. The fourth-order valence-corrected chi connectivity index (χ4v) is 2.72. The number of ether oxygens (including phenoxy) is 1. The molecule has 1 amide bonds. The summed E-state index contributed by atoms with van der Waals surface area (Å²) in [4.78, 5) is 24.6. The van der Waals surface area contributed by atoms with Crippen molar-refractivity contribution >= 4 is 28.6 Å². The Morgan fingerprint density at radius 1 is 1.48 bits per heavy atom. The SMILES string of the molecule is C[C@H]1C[C@@H](Oc2ncnc3c(Cl)nccc23)CN1C(=O)O. The van der Waals surface area contributed by atoms with Crippen LogP contribution in [0.3, 0.4) is 0 Å². The number of fused-ring (bicyclic) bond motifs is 1. The second-order valence-electron chi connectivity index (χ2n) is 4.94. The molecule has 1 N–H and O–H groups in total. The van der Waals surface area contributed by atoms with E-state index in [0.717, 1.165) is 0 Å². The molecule has 110 valence electrons. The summed E-state index contributed by atoms with van der Waals surface area (Å²) in [5, 5.41) is 10.0. The third-order valence-corrected chi connectivity index (χ3v) is 3.81. The van der Waals surface area contributed by atoms with Gasteiger partial charge in [0.05, 0.1) is 11.9 Å². The number of hydrogen-bond acceptors (Lipinski definition) is 5. The second-order valence-corrected chi connectivity index (χ2v) is 5.29. The Labute approximate surface area is 125 Å². The summed E-state index contributed by atoms with van der Waals surface area (Å²) in [7, 11) is 0. The molecule has 0 radical (unpaired) electrons. The minimum absolute atomic E-state index is 0.0779. The Bertz CT molecular complexity index is 696. The molecule has 2 atom stereocenters. The minimum Gasteiger partial charge on any atom is -0.472 e. The predicted molar refractivity (Wildman–Crippen MR) is 75.6 cm³/mol. The van der Waals surface area contributed by atoms with Crippen LogP contribution in [0.2, 0.25) is 5.15 Å². The summed E-state index contributed by atoms with van der Waals surface area (Å²) in [6.45, 7) is 2.18. The monoisotopic (exact) mass is 308 g/mol. The maximum atomic E-state index is 11.1. The van der Waals surface area contributed by atoms with Gasteiger partial charge in [-0.05, 0) is 13.0 Å². The predicted octanol–water partition coefficient (Wildman–Crippen LogP) is 2.20. The van der Waals surface area contributed by atoms with Crippen molar-refractivity contribution in [3.05, 3.63) is 23.7 Å². The number of carbonyl (C=O) groups is 1. The lowest BCUT2D eigenvalue weighted by Crippen LogP contribution is -2.33. The van der Waals surface area contributed by atoms with Gasteiger partial charge in [0.2, 0.25) is 5.88 Å². The van der Waals surface area contributed by atoms with Crippen LogP contribution in [0, 0.1) is 0 Å². The van der Waals surface area contributed by atoms with E-state index in [1.807, 2.05) is 6.92 Å². The summed E-state index contributed by atoms with van der Waals surface area (Å²) in [5.74, 6) is 0.397. The molecule has 0 bridgehead atoms. The van der Waals surface area contributed by atoms with Crippen LogP contribution < -0.4 is 4.74 Å². The van der Waals surface area contributed by atoms with E-state index >= 15 is 0 Å². The molecule has 7 nitrogen and oxygen atoms in total. The Morgan fingerprint density at radius 3 is 3.00 bits per heavy atom. The zero-order chi connectivity index (χ0) is 15.0. The summed E-state index contributed by atoms with van der Waals surface area (Å²) < 4.78 is 5.85. The molecule has 0 spiro atoms. The zero-order valence-electron chi connectivity index (χ0n) is 11.2. The van der Waals surface area contributed by atoms with E-state index in [0.29, 0.717) is 29.7 Å². The summed E-state index contributed by atoms with van der Waals surface area (Å²) in [6, 6.07) is 1.65. The van der Waals surface area contributed by atoms with Gasteiger partial charge < -0.3 is 14.7 Å². The highest BCUT2D eigenvalue weighted by Gasteiger charge is 2.34. The van der Waals surface area contributed by atoms with E-state index in [9.17, 15) is 4.79 Å². The second kappa shape index (κ2) is 5.33. The van der Waals surface area contributed by atoms with E-state index in [1.165, 1.54) is 11.2 Å². The number of aromatic nitrogens is 3. The molecule has 8 heteroatoms. The van der Waals surface area contributed by atoms with Crippen molar-refractivity contribution in [1.82, 2.24) is 19.9 Å². The standard InChI is InChI=1S/C13H13ClN4O3/c1-7-4-8(5-18(7)13(19)20)21-12-9-2-3-15-11(14)10(9)16-6-17-12/h2-3,6-8H,4-5H2,1H3,(H,19,20)/t7-,8+/m0/s1. The molecule has 2 aromatic heterocycles. The van der Waals surface area contributed by atoms with E-state index in [4.69, 9.17) is 21.4 Å². The number of amides is 1. The number of pyridine rings is 1. The number of carboxylic acid groups (broad SMARTS) is 1. The Kier molecular flexibility index (Phi) is 3.50. The number of nitrogens with zero attached hydrogens (tertiary/aromatic N) is 4. The first kappa shape index (κ1) is 13.8. The largest absolute Gasteiger partial charge is 0.472 e. The molecule has 1 saturated heterocycles. The first-order valence-electron chi connectivity index (χ1n) is 6.47. The van der Waals surface area contributed by atoms with Crippen molar-refractivity contribution in [3.63, 3.8) is 0 Å². The van der Waals surface area contributed by atoms with E-state index in [1.54, 1.807) is 12.3 Å². The van der Waals surface area contributed by atoms with Crippen molar-refractivity contribution in [2.45, 2.75) is 25.5 Å². The minimum atomic E-state index is -0.937. The van der Waals surface area contributed by atoms with Crippen LogP contribution in [0.5, 0.6) is 5.88 Å². The lowest BCUT2D eigenvalue weighted by molar-refractivity contribution is 0.136. The van der Waals surface area contributed by atoms with Gasteiger partial charge in [-0.3, -0.25) is 0 Å². The molecular weight excluding hydrogens is 296 g/mol. The summed E-state index contributed by atoms with van der Waals surface area (Å²) >= 11 is 5.99. The van der Waals surface area contributed by atoms with Crippen molar-refractivity contribution in [1.29, 1.82) is 0 Å². The Balaban J connectivity index is 1.86. The summed E-state index contributed by atoms with van der Waals surface area (Å²) in [6.07, 6.45) is 2.37. The lowest BCUT2D eigenvalue weighted by atomic mass is 10.2. The van der Waals surface area contributed by atoms with E-state index in [-0.39, 0.29) is 17.3 Å². The van der Waals surface area contributed by atoms with Crippen molar-refractivity contribution in [2.24, 2.45) is 0 Å². The zero-order valence-corrected chi connectivity index (χ0v) is 12.0. The van der Waals surface area contributed by atoms with Gasteiger partial charge in [0, 0.05) is 18.7 Å². The van der Waals surface area contributed by atoms with Crippen LogP contribution in [0.25, 0.3) is 10.9 Å². The topological polar surface area (TPSA) is 88.4 Å². The van der Waals surface area contributed by atoms with Gasteiger partial charge in [0.15, 0.2) is 5.15 Å². The van der Waals surface area contributed by atoms with Crippen molar-refractivity contribution in [3.8, 4) is 5.88 Å². The Hall–Kier alpha value is -2.15. The van der Waals surface area contributed by atoms with Gasteiger partial charge in [-0.1, -0.05) is 11.6 Å². The van der Waals surface area contributed by atoms with Crippen LogP contribution in [0.4, 0.5) is 4.79 Å². The van der Waals surface area contributed by atoms with Gasteiger partial charge in [-0.15, -0.1) is 0 Å². The molecule has 2 aromatic rings. The molecule has 0 unspecified atom stereocenters. The van der Waals surface area contributed by atoms with Gasteiger partial charge in [0.1, 0.15) is 17.9 Å². The van der Waals surface area contributed by atoms with Crippen LogP contribution in [-0.4, -0.2) is 49.7 Å². The van der Waals surface area contributed by atoms with Gasteiger partial charge >= 0.3 is 6.09 Å². The number of likely N-dealkylation sites (tertiary alicyclic amines) is 1. The lowest BCUT2D eigenvalue weighted by Gasteiger charge is -2.16. The maximum absolute atomic E-state index is 11.1. The Morgan fingerprint density at radius 2 is 2.29 bits per heavy atom. The average molecular weight is 309 g/mol. The van der Waals surface area contributed by atoms with Gasteiger partial charge in [0.25, 0.3) is 0 Å². The highest BCUT2D eigenvalue weighted by molar-refractivity contribution is 6.33. The molecule has 1 aliphatic rings.